The fraction of sp³-hybridized carbons (Fsp3) is 0.588. The van der Waals surface area contributed by atoms with Crippen LogP contribution < -0.4 is 20.1 Å². The van der Waals surface area contributed by atoms with Crippen LogP contribution in [0.3, 0.4) is 0 Å². The molecule has 1 saturated carbocycles. The van der Waals surface area contributed by atoms with E-state index in [4.69, 9.17) is 9.47 Å². The molecule has 1 aliphatic heterocycles. The van der Waals surface area contributed by atoms with E-state index in [9.17, 15) is 4.79 Å². The van der Waals surface area contributed by atoms with Gasteiger partial charge in [0, 0.05) is 18.2 Å². The maximum Gasteiger partial charge on any atom is 0.238 e. The summed E-state index contributed by atoms with van der Waals surface area (Å²) in [4.78, 5) is 12.1. The van der Waals surface area contributed by atoms with Gasteiger partial charge in [-0.25, -0.2) is 0 Å². The number of hydrogen-bond donors (Lipinski definition) is 2. The standard InChI is InChI=1S/C17H24N2O3S.ClH/c1-21-15-7-6-12(8-16(15)22-13-4-2-3-5-13)9-18-17(20)14-10-23-11-19-14;/h6-8,13-14,19H,2-5,9-11H2,1H3,(H,18,20);1H. The minimum atomic E-state index is -0.0764. The zero-order valence-electron chi connectivity index (χ0n) is 13.9. The molecule has 1 saturated heterocycles. The van der Waals surface area contributed by atoms with Crippen LogP contribution in [0.25, 0.3) is 0 Å². The van der Waals surface area contributed by atoms with Gasteiger partial charge in [-0.05, 0) is 43.4 Å². The highest BCUT2D eigenvalue weighted by molar-refractivity contribution is 7.99. The highest BCUT2D eigenvalue weighted by Gasteiger charge is 2.22. The van der Waals surface area contributed by atoms with Crippen LogP contribution in [0.5, 0.6) is 11.5 Å². The number of ether oxygens (including phenoxy) is 2. The molecule has 0 spiro atoms. The Morgan fingerprint density at radius 2 is 2.12 bits per heavy atom. The predicted octanol–water partition coefficient (Wildman–Crippen LogP) is 2.72. The molecule has 2 fully saturated rings. The Morgan fingerprint density at radius 3 is 2.79 bits per heavy atom. The monoisotopic (exact) mass is 372 g/mol. The van der Waals surface area contributed by atoms with E-state index in [0.29, 0.717) is 6.54 Å². The molecule has 1 aromatic carbocycles. The lowest BCUT2D eigenvalue weighted by Gasteiger charge is -2.17. The first kappa shape index (κ1) is 19.2. The van der Waals surface area contributed by atoms with E-state index >= 15 is 0 Å². The molecular weight excluding hydrogens is 348 g/mol. The summed E-state index contributed by atoms with van der Waals surface area (Å²) in [7, 11) is 1.65. The lowest BCUT2D eigenvalue weighted by molar-refractivity contribution is -0.122. The Balaban J connectivity index is 0.00000208. The minimum absolute atomic E-state index is 0. The van der Waals surface area contributed by atoms with Gasteiger partial charge in [0.25, 0.3) is 0 Å². The van der Waals surface area contributed by atoms with Crippen molar-refractivity contribution in [3.05, 3.63) is 23.8 Å². The van der Waals surface area contributed by atoms with Gasteiger partial charge in [-0.1, -0.05) is 6.07 Å². The molecule has 1 atom stereocenters. The van der Waals surface area contributed by atoms with Crippen LogP contribution in [0.1, 0.15) is 31.2 Å². The second-order valence-corrected chi connectivity index (χ2v) is 7.03. The van der Waals surface area contributed by atoms with Gasteiger partial charge < -0.3 is 14.8 Å². The van der Waals surface area contributed by atoms with E-state index in [1.54, 1.807) is 18.9 Å². The number of benzene rings is 1. The van der Waals surface area contributed by atoms with Gasteiger partial charge in [-0.15, -0.1) is 24.2 Å². The topological polar surface area (TPSA) is 59.6 Å². The van der Waals surface area contributed by atoms with Crippen molar-refractivity contribution in [3.8, 4) is 11.5 Å². The number of halogens is 1. The van der Waals surface area contributed by atoms with Crippen LogP contribution in [0.2, 0.25) is 0 Å². The molecule has 24 heavy (non-hydrogen) atoms. The summed E-state index contributed by atoms with van der Waals surface area (Å²) in [6, 6.07) is 5.79. The van der Waals surface area contributed by atoms with Crippen LogP contribution in [-0.4, -0.2) is 36.8 Å². The summed E-state index contributed by atoms with van der Waals surface area (Å²) >= 11 is 1.75. The summed E-state index contributed by atoms with van der Waals surface area (Å²) in [6.07, 6.45) is 4.96. The average molecular weight is 373 g/mol. The normalized spacial score (nSPS) is 20.5. The minimum Gasteiger partial charge on any atom is -0.493 e. The van der Waals surface area contributed by atoms with Crippen LogP contribution in [-0.2, 0) is 11.3 Å². The van der Waals surface area contributed by atoms with E-state index in [2.05, 4.69) is 10.6 Å². The molecule has 1 aliphatic carbocycles. The third kappa shape index (κ3) is 4.94. The molecular formula is C17H25ClN2O3S. The fourth-order valence-corrected chi connectivity index (χ4v) is 3.93. The number of methoxy groups -OCH3 is 1. The molecule has 134 valence electrons. The number of carbonyl (C=O) groups excluding carboxylic acids is 1. The summed E-state index contributed by atoms with van der Waals surface area (Å²) < 4.78 is 11.5. The van der Waals surface area contributed by atoms with E-state index < -0.39 is 0 Å². The Kier molecular flexibility index (Phi) is 7.52. The molecule has 2 N–H and O–H groups in total. The molecule has 0 radical (unpaired) electrons. The summed E-state index contributed by atoms with van der Waals surface area (Å²) in [6.45, 7) is 0.507. The Morgan fingerprint density at radius 1 is 1.33 bits per heavy atom. The smallest absolute Gasteiger partial charge is 0.238 e. The lowest BCUT2D eigenvalue weighted by atomic mass is 10.2. The first-order valence-corrected chi connectivity index (χ1v) is 9.34. The van der Waals surface area contributed by atoms with E-state index in [0.717, 1.165) is 41.5 Å². The van der Waals surface area contributed by atoms with Crippen molar-refractivity contribution >= 4 is 30.1 Å². The number of rotatable bonds is 6. The van der Waals surface area contributed by atoms with Gasteiger partial charge in [-0.2, -0.15) is 0 Å². The fourth-order valence-electron chi connectivity index (χ4n) is 2.98. The third-order valence-corrected chi connectivity index (χ3v) is 5.26. The zero-order valence-corrected chi connectivity index (χ0v) is 15.5. The number of amides is 1. The van der Waals surface area contributed by atoms with Crippen molar-refractivity contribution in [1.82, 2.24) is 10.6 Å². The molecule has 0 aromatic heterocycles. The summed E-state index contributed by atoms with van der Waals surface area (Å²) in [5.41, 5.74) is 1.03. The highest BCUT2D eigenvalue weighted by atomic mass is 35.5. The van der Waals surface area contributed by atoms with Crippen LogP contribution >= 0.6 is 24.2 Å². The van der Waals surface area contributed by atoms with Crippen molar-refractivity contribution in [3.63, 3.8) is 0 Å². The highest BCUT2D eigenvalue weighted by Crippen LogP contribution is 2.32. The second-order valence-electron chi connectivity index (χ2n) is 6.00. The molecule has 1 heterocycles. The molecule has 1 unspecified atom stereocenters. The summed E-state index contributed by atoms with van der Waals surface area (Å²) in [5, 5.41) is 6.16. The number of nitrogens with one attached hydrogen (secondary N) is 2. The first-order chi connectivity index (χ1) is 11.3. The molecule has 2 aliphatic rings. The zero-order chi connectivity index (χ0) is 16.1. The van der Waals surface area contributed by atoms with Crippen molar-refractivity contribution < 1.29 is 14.3 Å². The van der Waals surface area contributed by atoms with Gasteiger partial charge in [-0.3, -0.25) is 10.1 Å². The van der Waals surface area contributed by atoms with Crippen LogP contribution in [0.4, 0.5) is 0 Å². The summed E-state index contributed by atoms with van der Waals surface area (Å²) in [5.74, 6) is 3.27. The quantitative estimate of drug-likeness (QED) is 0.804. The lowest BCUT2D eigenvalue weighted by Crippen LogP contribution is -2.41. The van der Waals surface area contributed by atoms with Crippen LogP contribution in [0.15, 0.2) is 18.2 Å². The van der Waals surface area contributed by atoms with Crippen molar-refractivity contribution in [2.45, 2.75) is 44.4 Å². The van der Waals surface area contributed by atoms with Gasteiger partial charge in [0.1, 0.15) is 0 Å². The van der Waals surface area contributed by atoms with Crippen LogP contribution in [0, 0.1) is 0 Å². The Labute approximate surface area is 153 Å². The number of hydrogen-bond acceptors (Lipinski definition) is 5. The van der Waals surface area contributed by atoms with Gasteiger partial charge in [0.15, 0.2) is 11.5 Å². The van der Waals surface area contributed by atoms with Gasteiger partial charge in [0.05, 0.1) is 19.3 Å². The van der Waals surface area contributed by atoms with E-state index in [1.807, 2.05) is 18.2 Å². The molecule has 3 rings (SSSR count). The Bertz CT molecular complexity index is 547. The molecule has 1 aromatic rings. The second kappa shape index (κ2) is 9.39. The maximum absolute atomic E-state index is 12.1. The number of carbonyl (C=O) groups is 1. The molecule has 0 bridgehead atoms. The number of thioether (sulfide) groups is 1. The maximum atomic E-state index is 12.1. The molecule has 5 nitrogen and oxygen atoms in total. The van der Waals surface area contributed by atoms with E-state index in [-0.39, 0.29) is 30.5 Å². The first-order valence-electron chi connectivity index (χ1n) is 8.18. The Hall–Kier alpha value is -1.11. The van der Waals surface area contributed by atoms with Gasteiger partial charge in [0.2, 0.25) is 5.91 Å². The predicted molar refractivity (Wildman–Crippen MR) is 99.2 cm³/mol. The van der Waals surface area contributed by atoms with Crippen molar-refractivity contribution in [2.24, 2.45) is 0 Å². The SMILES string of the molecule is COc1ccc(CNC(=O)C2CSCN2)cc1OC1CCCC1.Cl. The third-order valence-electron chi connectivity index (χ3n) is 4.32. The van der Waals surface area contributed by atoms with E-state index in [1.165, 1.54) is 12.8 Å². The average Bonchev–Trinajstić information content (AvgIpc) is 3.26. The molecule has 7 heteroatoms. The van der Waals surface area contributed by atoms with Crippen molar-refractivity contribution in [2.75, 3.05) is 18.7 Å². The largest absolute Gasteiger partial charge is 0.493 e. The molecule has 1 amide bonds. The van der Waals surface area contributed by atoms with Crippen molar-refractivity contribution in [1.29, 1.82) is 0 Å². The van der Waals surface area contributed by atoms with Gasteiger partial charge >= 0.3 is 0 Å².